The minimum Gasteiger partial charge on any atom is -0.393 e. The second-order valence-corrected chi connectivity index (χ2v) is 8.20. The SMILES string of the molecule is CCCCC(C)O.CCCCC(C)OC(CC)COCCOC.COCCOCC1CO1. The second kappa shape index (κ2) is 27.0. The fraction of sp³-hybridized carbons (Fsp3) is 1.00. The lowest BCUT2D eigenvalue weighted by Crippen LogP contribution is -2.25. The molecule has 1 N–H and O–H groups in total. The van der Waals surface area contributed by atoms with Crippen LogP contribution in [0.15, 0.2) is 0 Å². The second-order valence-electron chi connectivity index (χ2n) is 8.20. The lowest BCUT2D eigenvalue weighted by atomic mass is 10.2. The lowest BCUT2D eigenvalue weighted by molar-refractivity contribution is -0.0606. The van der Waals surface area contributed by atoms with Gasteiger partial charge in [0, 0.05) is 14.2 Å². The molecular formula is C25H54O7. The molecule has 0 aromatic carbocycles. The van der Waals surface area contributed by atoms with E-state index in [-0.39, 0.29) is 12.2 Å². The summed E-state index contributed by atoms with van der Waals surface area (Å²) in [6.45, 7) is 15.4. The number of aliphatic hydroxyl groups excluding tert-OH is 1. The smallest absolute Gasteiger partial charge is 0.104 e. The van der Waals surface area contributed by atoms with Gasteiger partial charge in [-0.25, -0.2) is 0 Å². The first-order chi connectivity index (χ1) is 15.4. The van der Waals surface area contributed by atoms with Crippen LogP contribution in [0.1, 0.15) is 79.6 Å². The van der Waals surface area contributed by atoms with Gasteiger partial charge in [0.05, 0.1) is 64.6 Å². The van der Waals surface area contributed by atoms with E-state index in [9.17, 15) is 0 Å². The molecule has 1 heterocycles. The first kappa shape index (κ1) is 33.9. The van der Waals surface area contributed by atoms with E-state index in [0.29, 0.717) is 45.2 Å². The zero-order valence-electron chi connectivity index (χ0n) is 22.1. The maximum absolute atomic E-state index is 8.68. The molecule has 7 nitrogen and oxygen atoms in total. The van der Waals surface area contributed by atoms with Crippen molar-refractivity contribution in [3.05, 3.63) is 0 Å². The van der Waals surface area contributed by atoms with Crippen molar-refractivity contribution < 1.29 is 33.5 Å². The van der Waals surface area contributed by atoms with Gasteiger partial charge in [-0.3, -0.25) is 0 Å². The molecule has 1 rings (SSSR count). The van der Waals surface area contributed by atoms with E-state index in [1.807, 2.05) is 6.92 Å². The summed E-state index contributed by atoms with van der Waals surface area (Å²) in [4.78, 5) is 0. The van der Waals surface area contributed by atoms with Gasteiger partial charge in [0.2, 0.25) is 0 Å². The summed E-state index contributed by atoms with van der Waals surface area (Å²) in [6.07, 6.45) is 8.76. The van der Waals surface area contributed by atoms with E-state index < -0.39 is 0 Å². The highest BCUT2D eigenvalue weighted by Gasteiger charge is 2.21. The highest BCUT2D eigenvalue weighted by atomic mass is 16.6. The number of hydrogen-bond donors (Lipinski definition) is 1. The van der Waals surface area contributed by atoms with Gasteiger partial charge >= 0.3 is 0 Å². The maximum atomic E-state index is 8.68. The third kappa shape index (κ3) is 29.7. The summed E-state index contributed by atoms with van der Waals surface area (Å²) in [7, 11) is 3.35. The van der Waals surface area contributed by atoms with Gasteiger partial charge in [0.1, 0.15) is 6.10 Å². The van der Waals surface area contributed by atoms with Crippen LogP contribution in [0.5, 0.6) is 0 Å². The van der Waals surface area contributed by atoms with Crippen molar-refractivity contribution in [1.82, 2.24) is 0 Å². The van der Waals surface area contributed by atoms with Crippen LogP contribution < -0.4 is 0 Å². The van der Waals surface area contributed by atoms with Gasteiger partial charge < -0.3 is 33.5 Å². The molecule has 32 heavy (non-hydrogen) atoms. The third-order valence-corrected chi connectivity index (χ3v) is 4.69. The Kier molecular flexibility index (Phi) is 28.6. The monoisotopic (exact) mass is 466 g/mol. The average Bonchev–Trinajstić information content (AvgIpc) is 3.61. The highest BCUT2D eigenvalue weighted by Crippen LogP contribution is 2.10. The van der Waals surface area contributed by atoms with Crippen molar-refractivity contribution >= 4 is 0 Å². The molecule has 1 saturated heterocycles. The predicted molar refractivity (Wildman–Crippen MR) is 130 cm³/mol. The molecule has 7 heteroatoms. The first-order valence-electron chi connectivity index (χ1n) is 12.5. The van der Waals surface area contributed by atoms with E-state index in [4.69, 9.17) is 33.5 Å². The van der Waals surface area contributed by atoms with Crippen molar-refractivity contribution in [3.63, 3.8) is 0 Å². The molecule has 1 fully saturated rings. The molecule has 0 amide bonds. The summed E-state index contributed by atoms with van der Waals surface area (Å²) < 4.78 is 31.2. The van der Waals surface area contributed by atoms with Crippen molar-refractivity contribution in [1.29, 1.82) is 0 Å². The van der Waals surface area contributed by atoms with Crippen LogP contribution in [0.3, 0.4) is 0 Å². The van der Waals surface area contributed by atoms with Crippen LogP contribution in [-0.4, -0.2) is 90.0 Å². The minimum absolute atomic E-state index is 0.0973. The number of unbranched alkanes of at least 4 members (excludes halogenated alkanes) is 2. The molecule has 4 atom stereocenters. The molecular weight excluding hydrogens is 412 g/mol. The number of aliphatic hydroxyl groups is 1. The van der Waals surface area contributed by atoms with Crippen LogP contribution in [0.25, 0.3) is 0 Å². The standard InChI is InChI=1S/C13H28O3.C6H12O3.C6H14O/c1-5-7-8-12(3)16-13(6-2)11-15-10-9-14-4;1-7-2-3-8-4-6-5-9-6;1-3-4-5-6(2)7/h12-13H,5-11H2,1-4H3;6H,2-5H2,1H3;6-7H,3-5H2,1-2H3. The molecule has 196 valence electrons. The largest absolute Gasteiger partial charge is 0.393 e. The van der Waals surface area contributed by atoms with Crippen LogP contribution in [0.4, 0.5) is 0 Å². The van der Waals surface area contributed by atoms with Crippen molar-refractivity contribution in [2.24, 2.45) is 0 Å². The van der Waals surface area contributed by atoms with Crippen LogP contribution >= 0.6 is 0 Å². The highest BCUT2D eigenvalue weighted by molar-refractivity contribution is 4.66. The summed E-state index contributed by atoms with van der Waals surface area (Å²) in [6, 6.07) is 0. The number of rotatable bonds is 19. The van der Waals surface area contributed by atoms with Crippen LogP contribution in [0, 0.1) is 0 Å². The zero-order valence-corrected chi connectivity index (χ0v) is 22.1. The van der Waals surface area contributed by atoms with E-state index in [2.05, 4.69) is 27.7 Å². The molecule has 0 spiro atoms. The number of ether oxygens (including phenoxy) is 6. The van der Waals surface area contributed by atoms with Crippen LogP contribution in [0.2, 0.25) is 0 Å². The van der Waals surface area contributed by atoms with E-state index in [1.165, 1.54) is 19.3 Å². The fourth-order valence-corrected chi connectivity index (χ4v) is 2.52. The predicted octanol–water partition coefficient (Wildman–Crippen LogP) is 4.63. The molecule has 0 aromatic heterocycles. The van der Waals surface area contributed by atoms with E-state index >= 15 is 0 Å². The van der Waals surface area contributed by atoms with Gasteiger partial charge in [0.15, 0.2) is 0 Å². The summed E-state index contributed by atoms with van der Waals surface area (Å²) in [5.41, 5.74) is 0. The molecule has 1 aliphatic rings. The molecule has 0 aromatic rings. The van der Waals surface area contributed by atoms with Crippen molar-refractivity contribution in [2.75, 3.05) is 60.5 Å². The Morgan fingerprint density at radius 3 is 1.88 bits per heavy atom. The van der Waals surface area contributed by atoms with E-state index in [1.54, 1.807) is 14.2 Å². The summed E-state index contributed by atoms with van der Waals surface area (Å²) in [5.74, 6) is 0. The van der Waals surface area contributed by atoms with Gasteiger partial charge in [-0.15, -0.1) is 0 Å². The van der Waals surface area contributed by atoms with Gasteiger partial charge in [-0.2, -0.15) is 0 Å². The fourth-order valence-electron chi connectivity index (χ4n) is 2.52. The molecule has 0 radical (unpaired) electrons. The zero-order chi connectivity index (χ0) is 24.5. The number of epoxide rings is 1. The van der Waals surface area contributed by atoms with Gasteiger partial charge in [-0.1, -0.05) is 46.5 Å². The first-order valence-corrected chi connectivity index (χ1v) is 12.5. The Bertz CT molecular complexity index is 338. The average molecular weight is 467 g/mol. The molecule has 0 aliphatic carbocycles. The Labute approximate surface area is 198 Å². The third-order valence-electron chi connectivity index (χ3n) is 4.69. The summed E-state index contributed by atoms with van der Waals surface area (Å²) >= 11 is 0. The minimum atomic E-state index is -0.0973. The van der Waals surface area contributed by atoms with E-state index in [0.717, 1.165) is 38.9 Å². The van der Waals surface area contributed by atoms with Crippen molar-refractivity contribution in [3.8, 4) is 0 Å². The van der Waals surface area contributed by atoms with Gasteiger partial charge in [0.25, 0.3) is 0 Å². The normalized spacial score (nSPS) is 17.4. The van der Waals surface area contributed by atoms with Crippen LogP contribution in [-0.2, 0) is 28.4 Å². The Morgan fingerprint density at radius 2 is 1.44 bits per heavy atom. The number of methoxy groups -OCH3 is 2. The molecule has 1 aliphatic heterocycles. The maximum Gasteiger partial charge on any atom is 0.104 e. The Balaban J connectivity index is 0. The number of hydrogen-bond acceptors (Lipinski definition) is 7. The Morgan fingerprint density at radius 1 is 0.875 bits per heavy atom. The molecule has 4 unspecified atom stereocenters. The lowest BCUT2D eigenvalue weighted by Gasteiger charge is -2.21. The summed E-state index contributed by atoms with van der Waals surface area (Å²) in [5, 5.41) is 8.68. The molecule has 0 bridgehead atoms. The van der Waals surface area contributed by atoms with Gasteiger partial charge in [-0.05, 0) is 33.1 Å². The quantitative estimate of drug-likeness (QED) is 0.220. The molecule has 0 saturated carbocycles. The Hall–Kier alpha value is -0.280. The topological polar surface area (TPSA) is 78.9 Å². The van der Waals surface area contributed by atoms with Crippen molar-refractivity contribution in [2.45, 2.75) is 104 Å².